The fraction of sp³-hybridized carbons (Fsp3) is 0.400. The van der Waals surface area contributed by atoms with Gasteiger partial charge in [-0.05, 0) is 48.9 Å². The number of rotatable bonds is 7. The quantitative estimate of drug-likeness (QED) is 0.682. The minimum atomic E-state index is -3.49. The molecule has 3 rings (SSSR count). The number of nitrogens with zero attached hydrogens (tertiary/aromatic N) is 2. The van der Waals surface area contributed by atoms with Gasteiger partial charge in [-0.2, -0.15) is 4.31 Å². The Balaban J connectivity index is 1.62. The first-order chi connectivity index (χ1) is 13.4. The van der Waals surface area contributed by atoms with Gasteiger partial charge in [0.2, 0.25) is 10.0 Å². The number of halogens is 1. The molecule has 1 saturated heterocycles. The lowest BCUT2D eigenvalue weighted by atomic mass is 10.1. The van der Waals surface area contributed by atoms with Crippen molar-refractivity contribution in [2.45, 2.75) is 18.4 Å². The number of ether oxygens (including phenoxy) is 2. The number of hydrogen-bond donors (Lipinski definition) is 0. The van der Waals surface area contributed by atoms with Gasteiger partial charge in [0.05, 0.1) is 18.6 Å². The van der Waals surface area contributed by atoms with E-state index < -0.39 is 10.0 Å². The lowest BCUT2D eigenvalue weighted by Crippen LogP contribution is -2.48. The highest BCUT2D eigenvalue weighted by Crippen LogP contribution is 2.29. The van der Waals surface area contributed by atoms with Crippen LogP contribution in [0, 0.1) is 0 Å². The molecule has 1 aliphatic heterocycles. The van der Waals surface area contributed by atoms with Gasteiger partial charge in [0.1, 0.15) is 0 Å². The summed E-state index contributed by atoms with van der Waals surface area (Å²) >= 11 is 5.86. The molecule has 0 N–H and O–H groups in total. The average molecular weight is 425 g/mol. The van der Waals surface area contributed by atoms with Gasteiger partial charge >= 0.3 is 0 Å². The zero-order chi connectivity index (χ0) is 20.1. The molecular weight excluding hydrogens is 400 g/mol. The summed E-state index contributed by atoms with van der Waals surface area (Å²) in [6.07, 6.45) is 0. The highest BCUT2D eigenvalue weighted by Gasteiger charge is 2.28. The van der Waals surface area contributed by atoms with Crippen LogP contribution >= 0.6 is 11.6 Å². The Hall–Kier alpha value is -1.80. The van der Waals surface area contributed by atoms with Gasteiger partial charge in [0.25, 0.3) is 0 Å². The molecule has 1 heterocycles. The Kier molecular flexibility index (Phi) is 6.82. The first-order valence-electron chi connectivity index (χ1n) is 9.22. The molecular formula is C20H25ClN2O4S. The number of benzene rings is 2. The molecule has 0 amide bonds. The molecule has 0 atom stereocenters. The molecule has 0 saturated carbocycles. The van der Waals surface area contributed by atoms with Crippen LogP contribution in [0.3, 0.4) is 0 Å². The van der Waals surface area contributed by atoms with Crippen LogP contribution in [-0.4, -0.2) is 57.5 Å². The maximum atomic E-state index is 12.8. The first-order valence-corrected chi connectivity index (χ1v) is 11.0. The van der Waals surface area contributed by atoms with Crippen LogP contribution in [0.5, 0.6) is 11.5 Å². The molecule has 0 unspecified atom stereocenters. The third kappa shape index (κ3) is 4.78. The second-order valence-corrected chi connectivity index (χ2v) is 8.93. The summed E-state index contributed by atoms with van der Waals surface area (Å²) in [6, 6.07) is 12.2. The molecule has 2 aromatic rings. The van der Waals surface area contributed by atoms with Crippen LogP contribution in [0.25, 0.3) is 0 Å². The van der Waals surface area contributed by atoms with E-state index in [9.17, 15) is 8.42 Å². The van der Waals surface area contributed by atoms with Crippen molar-refractivity contribution in [3.63, 3.8) is 0 Å². The van der Waals surface area contributed by atoms with Crippen molar-refractivity contribution >= 4 is 21.6 Å². The van der Waals surface area contributed by atoms with Crippen LogP contribution < -0.4 is 9.47 Å². The van der Waals surface area contributed by atoms with Crippen LogP contribution in [-0.2, 0) is 16.6 Å². The molecule has 152 valence electrons. The molecule has 0 aliphatic carbocycles. The Morgan fingerprint density at radius 1 is 1.00 bits per heavy atom. The Morgan fingerprint density at radius 2 is 1.68 bits per heavy atom. The summed E-state index contributed by atoms with van der Waals surface area (Å²) in [6.45, 7) is 5.51. The fourth-order valence-corrected chi connectivity index (χ4v) is 4.78. The van der Waals surface area contributed by atoms with Gasteiger partial charge in [0, 0.05) is 37.7 Å². The van der Waals surface area contributed by atoms with Crippen molar-refractivity contribution in [1.29, 1.82) is 0 Å². The molecule has 0 bridgehead atoms. The lowest BCUT2D eigenvalue weighted by Gasteiger charge is -2.34. The standard InChI is InChI=1S/C20H25ClN2O4S/c1-3-27-19-9-4-16(14-20(19)26-2)15-22-10-12-23(13-11-22)28(24,25)18-7-5-17(21)6-8-18/h4-9,14H,3,10-13,15H2,1-2H3. The lowest BCUT2D eigenvalue weighted by molar-refractivity contribution is 0.181. The minimum absolute atomic E-state index is 0.279. The predicted molar refractivity (Wildman–Crippen MR) is 110 cm³/mol. The average Bonchev–Trinajstić information content (AvgIpc) is 2.70. The Bertz CT molecular complexity index is 895. The predicted octanol–water partition coefficient (Wildman–Crippen LogP) is 3.25. The molecule has 6 nitrogen and oxygen atoms in total. The Labute approximate surface area is 171 Å². The van der Waals surface area contributed by atoms with E-state index in [0.717, 1.165) is 17.9 Å². The summed E-state index contributed by atoms with van der Waals surface area (Å²) < 4.78 is 38.1. The maximum Gasteiger partial charge on any atom is 0.243 e. The highest BCUT2D eigenvalue weighted by molar-refractivity contribution is 7.89. The van der Waals surface area contributed by atoms with Gasteiger partial charge < -0.3 is 9.47 Å². The molecule has 28 heavy (non-hydrogen) atoms. The summed E-state index contributed by atoms with van der Waals surface area (Å²) in [7, 11) is -1.86. The molecule has 8 heteroatoms. The maximum absolute atomic E-state index is 12.8. The molecule has 1 fully saturated rings. The molecule has 0 aromatic heterocycles. The second-order valence-electron chi connectivity index (χ2n) is 6.55. The minimum Gasteiger partial charge on any atom is -0.493 e. The van der Waals surface area contributed by atoms with Crippen LogP contribution in [0.4, 0.5) is 0 Å². The van der Waals surface area contributed by atoms with Gasteiger partial charge in [0.15, 0.2) is 11.5 Å². The van der Waals surface area contributed by atoms with Crippen molar-refractivity contribution in [3.05, 3.63) is 53.1 Å². The highest BCUT2D eigenvalue weighted by atomic mass is 35.5. The third-order valence-corrected chi connectivity index (χ3v) is 6.88. The van der Waals surface area contributed by atoms with Gasteiger partial charge in [-0.25, -0.2) is 8.42 Å². The van der Waals surface area contributed by atoms with E-state index in [0.29, 0.717) is 43.6 Å². The first kappa shape index (κ1) is 20.9. The number of piperazine rings is 1. The van der Waals surface area contributed by atoms with Crippen LogP contribution in [0.15, 0.2) is 47.4 Å². The van der Waals surface area contributed by atoms with Crippen molar-refractivity contribution in [1.82, 2.24) is 9.21 Å². The van der Waals surface area contributed by atoms with E-state index in [-0.39, 0.29) is 4.90 Å². The topological polar surface area (TPSA) is 59.1 Å². The zero-order valence-electron chi connectivity index (χ0n) is 16.1. The molecule has 0 spiro atoms. The summed E-state index contributed by atoms with van der Waals surface area (Å²) in [5.74, 6) is 1.44. The van der Waals surface area contributed by atoms with Crippen molar-refractivity contribution < 1.29 is 17.9 Å². The zero-order valence-corrected chi connectivity index (χ0v) is 17.7. The molecule has 1 aliphatic rings. The second kappa shape index (κ2) is 9.13. The van der Waals surface area contributed by atoms with Crippen molar-refractivity contribution in [2.75, 3.05) is 39.9 Å². The third-order valence-electron chi connectivity index (χ3n) is 4.72. The SMILES string of the molecule is CCOc1ccc(CN2CCN(S(=O)(=O)c3ccc(Cl)cc3)CC2)cc1OC. The van der Waals surface area contributed by atoms with Gasteiger partial charge in [-0.1, -0.05) is 17.7 Å². The Morgan fingerprint density at radius 3 is 2.29 bits per heavy atom. The van der Waals surface area contributed by atoms with E-state index in [1.165, 1.54) is 4.31 Å². The van der Waals surface area contributed by atoms with E-state index >= 15 is 0 Å². The van der Waals surface area contributed by atoms with Crippen molar-refractivity contribution in [2.24, 2.45) is 0 Å². The molecule has 0 radical (unpaired) electrons. The fourth-order valence-electron chi connectivity index (χ4n) is 3.23. The van der Waals surface area contributed by atoms with Crippen LogP contribution in [0.1, 0.15) is 12.5 Å². The van der Waals surface area contributed by atoms with E-state index in [2.05, 4.69) is 4.90 Å². The van der Waals surface area contributed by atoms with Crippen LogP contribution in [0.2, 0.25) is 5.02 Å². The van der Waals surface area contributed by atoms with Crippen molar-refractivity contribution in [3.8, 4) is 11.5 Å². The van der Waals surface area contributed by atoms with E-state index in [1.807, 2.05) is 25.1 Å². The summed E-state index contributed by atoms with van der Waals surface area (Å²) in [4.78, 5) is 2.52. The van der Waals surface area contributed by atoms with Gasteiger partial charge in [-0.15, -0.1) is 0 Å². The number of hydrogen-bond acceptors (Lipinski definition) is 5. The smallest absolute Gasteiger partial charge is 0.243 e. The number of methoxy groups -OCH3 is 1. The monoisotopic (exact) mass is 424 g/mol. The molecule has 2 aromatic carbocycles. The summed E-state index contributed by atoms with van der Waals surface area (Å²) in [5.41, 5.74) is 1.11. The van der Waals surface area contributed by atoms with E-state index in [1.54, 1.807) is 31.4 Å². The number of sulfonamides is 1. The van der Waals surface area contributed by atoms with Gasteiger partial charge in [-0.3, -0.25) is 4.90 Å². The van der Waals surface area contributed by atoms with E-state index in [4.69, 9.17) is 21.1 Å². The summed E-state index contributed by atoms with van der Waals surface area (Å²) in [5, 5.41) is 0.523. The normalized spacial score (nSPS) is 16.1. The largest absolute Gasteiger partial charge is 0.493 e.